The molecular formula is C23H34N2O. The Morgan fingerprint density at radius 1 is 0.923 bits per heavy atom. The van der Waals surface area contributed by atoms with Crippen LogP contribution >= 0.6 is 0 Å². The van der Waals surface area contributed by atoms with Gasteiger partial charge in [-0.1, -0.05) is 65.8 Å². The number of hydrogen-bond acceptors (Lipinski definition) is 2. The van der Waals surface area contributed by atoms with Gasteiger partial charge in [-0.2, -0.15) is 0 Å². The molecule has 0 spiro atoms. The van der Waals surface area contributed by atoms with Gasteiger partial charge in [0.15, 0.2) is 0 Å². The number of carbonyl (C=O) groups excluding carboxylic acids is 1. The SMILES string of the molecule is CC.Cc1ccc(-c2cc(C(C)C)c(CC(N)=O)c(C(C)C)c2)cc1N. The summed E-state index contributed by atoms with van der Waals surface area (Å²) in [6, 6.07) is 10.5. The Hall–Kier alpha value is -2.29. The third-order valence-corrected chi connectivity index (χ3v) is 4.53. The number of primary amides is 1. The van der Waals surface area contributed by atoms with Gasteiger partial charge >= 0.3 is 0 Å². The number of amides is 1. The largest absolute Gasteiger partial charge is 0.398 e. The van der Waals surface area contributed by atoms with Gasteiger partial charge in [0.25, 0.3) is 0 Å². The predicted octanol–water partition coefficient (Wildman–Crippen LogP) is 5.55. The van der Waals surface area contributed by atoms with Crippen molar-refractivity contribution in [1.29, 1.82) is 0 Å². The van der Waals surface area contributed by atoms with Crippen LogP contribution in [-0.2, 0) is 11.2 Å². The molecule has 0 aliphatic carbocycles. The van der Waals surface area contributed by atoms with Crippen molar-refractivity contribution in [3.05, 3.63) is 52.6 Å². The molecule has 4 N–H and O–H groups in total. The molecule has 0 saturated carbocycles. The van der Waals surface area contributed by atoms with E-state index in [0.717, 1.165) is 27.9 Å². The maximum atomic E-state index is 11.6. The van der Waals surface area contributed by atoms with E-state index in [1.54, 1.807) is 0 Å². The first kappa shape index (κ1) is 21.8. The number of benzene rings is 2. The molecule has 0 atom stereocenters. The van der Waals surface area contributed by atoms with E-state index in [-0.39, 0.29) is 12.3 Å². The monoisotopic (exact) mass is 354 g/mol. The molecule has 0 heterocycles. The standard InChI is InChI=1S/C21H28N2O.C2H6/c1-12(2)17-8-16(15-7-6-14(5)20(22)10-15)9-18(13(3)4)19(17)11-21(23)24;1-2/h6-10,12-13H,11,22H2,1-5H3,(H2,23,24);1-2H3. The molecule has 3 nitrogen and oxygen atoms in total. The van der Waals surface area contributed by atoms with Gasteiger partial charge in [0.2, 0.25) is 5.91 Å². The Bertz CT molecular complexity index is 732. The highest BCUT2D eigenvalue weighted by Gasteiger charge is 2.18. The maximum absolute atomic E-state index is 11.6. The van der Waals surface area contributed by atoms with Crippen molar-refractivity contribution in [3.63, 3.8) is 0 Å². The molecular weight excluding hydrogens is 320 g/mol. The lowest BCUT2D eigenvalue weighted by Gasteiger charge is -2.21. The van der Waals surface area contributed by atoms with Crippen molar-refractivity contribution < 1.29 is 4.79 Å². The lowest BCUT2D eigenvalue weighted by molar-refractivity contribution is -0.117. The zero-order chi connectivity index (χ0) is 20.0. The summed E-state index contributed by atoms with van der Waals surface area (Å²) in [4.78, 5) is 11.6. The highest BCUT2D eigenvalue weighted by molar-refractivity contribution is 5.79. The van der Waals surface area contributed by atoms with Crippen LogP contribution in [0, 0.1) is 6.92 Å². The van der Waals surface area contributed by atoms with Gasteiger partial charge in [-0.15, -0.1) is 0 Å². The molecule has 2 aromatic carbocycles. The molecule has 26 heavy (non-hydrogen) atoms. The molecule has 0 saturated heterocycles. The van der Waals surface area contributed by atoms with Gasteiger partial charge in [-0.05, 0) is 58.2 Å². The minimum absolute atomic E-state index is 0.286. The molecule has 1 amide bonds. The fourth-order valence-corrected chi connectivity index (χ4v) is 3.11. The van der Waals surface area contributed by atoms with Crippen molar-refractivity contribution in [2.75, 3.05) is 5.73 Å². The lowest BCUT2D eigenvalue weighted by atomic mass is 9.84. The fraction of sp³-hybridized carbons (Fsp3) is 0.435. The summed E-state index contributed by atoms with van der Waals surface area (Å²) >= 11 is 0. The van der Waals surface area contributed by atoms with Crippen LogP contribution < -0.4 is 11.5 Å². The first-order valence-electron chi connectivity index (χ1n) is 9.52. The van der Waals surface area contributed by atoms with E-state index in [1.807, 2.05) is 32.9 Å². The third-order valence-electron chi connectivity index (χ3n) is 4.53. The van der Waals surface area contributed by atoms with Gasteiger partial charge in [0.05, 0.1) is 6.42 Å². The average Bonchev–Trinajstić information content (AvgIpc) is 2.58. The van der Waals surface area contributed by atoms with E-state index < -0.39 is 0 Å². The zero-order valence-corrected chi connectivity index (χ0v) is 17.3. The second-order valence-electron chi connectivity index (χ2n) is 7.16. The Morgan fingerprint density at radius 3 is 1.81 bits per heavy atom. The van der Waals surface area contributed by atoms with E-state index in [4.69, 9.17) is 11.5 Å². The highest BCUT2D eigenvalue weighted by Crippen LogP contribution is 2.34. The minimum Gasteiger partial charge on any atom is -0.398 e. The number of anilines is 1. The number of nitrogen functional groups attached to an aromatic ring is 1. The Kier molecular flexibility index (Phi) is 7.88. The van der Waals surface area contributed by atoms with Crippen molar-refractivity contribution in [2.45, 2.75) is 66.7 Å². The quantitative estimate of drug-likeness (QED) is 0.692. The third kappa shape index (κ3) is 5.10. The van der Waals surface area contributed by atoms with Crippen molar-refractivity contribution in [1.82, 2.24) is 0 Å². The molecule has 2 aromatic rings. The van der Waals surface area contributed by atoms with Gasteiger partial charge in [0, 0.05) is 5.69 Å². The van der Waals surface area contributed by atoms with Crippen LogP contribution in [0.25, 0.3) is 11.1 Å². The Labute approximate surface area is 158 Å². The van der Waals surface area contributed by atoms with Crippen molar-refractivity contribution in [3.8, 4) is 11.1 Å². The van der Waals surface area contributed by atoms with Crippen LogP contribution in [0.3, 0.4) is 0 Å². The minimum atomic E-state index is -0.286. The van der Waals surface area contributed by atoms with Crippen molar-refractivity contribution in [2.24, 2.45) is 5.73 Å². The lowest BCUT2D eigenvalue weighted by Crippen LogP contribution is -2.17. The number of nitrogens with two attached hydrogens (primary N) is 2. The molecule has 0 unspecified atom stereocenters. The molecule has 3 heteroatoms. The fourth-order valence-electron chi connectivity index (χ4n) is 3.11. The summed E-state index contributed by atoms with van der Waals surface area (Å²) in [5, 5.41) is 0. The van der Waals surface area contributed by atoms with Crippen LogP contribution in [0.2, 0.25) is 0 Å². The molecule has 142 valence electrons. The van der Waals surface area contributed by atoms with Crippen LogP contribution in [0.4, 0.5) is 5.69 Å². The number of rotatable bonds is 5. The molecule has 2 rings (SSSR count). The van der Waals surface area contributed by atoms with E-state index in [2.05, 4.69) is 45.9 Å². The van der Waals surface area contributed by atoms with Crippen LogP contribution in [-0.4, -0.2) is 5.91 Å². The van der Waals surface area contributed by atoms with Crippen molar-refractivity contribution >= 4 is 11.6 Å². The molecule has 0 aliphatic heterocycles. The maximum Gasteiger partial charge on any atom is 0.221 e. The Balaban J connectivity index is 0.00000163. The number of hydrogen-bond donors (Lipinski definition) is 2. The number of carbonyl (C=O) groups is 1. The summed E-state index contributed by atoms with van der Waals surface area (Å²) in [6.45, 7) is 14.6. The molecule has 0 aliphatic rings. The van der Waals surface area contributed by atoms with Gasteiger partial charge < -0.3 is 11.5 Å². The van der Waals surface area contributed by atoms with Gasteiger partial charge in [0.1, 0.15) is 0 Å². The summed E-state index contributed by atoms with van der Waals surface area (Å²) < 4.78 is 0. The first-order chi connectivity index (χ1) is 12.2. The van der Waals surface area contributed by atoms with E-state index in [1.165, 1.54) is 11.1 Å². The summed E-state index contributed by atoms with van der Waals surface area (Å²) in [6.07, 6.45) is 0.289. The predicted molar refractivity (Wildman–Crippen MR) is 113 cm³/mol. The topological polar surface area (TPSA) is 69.1 Å². The molecule has 0 bridgehead atoms. The van der Waals surface area contributed by atoms with E-state index >= 15 is 0 Å². The van der Waals surface area contributed by atoms with E-state index in [9.17, 15) is 4.79 Å². The van der Waals surface area contributed by atoms with Crippen LogP contribution in [0.1, 0.15) is 75.6 Å². The molecule has 0 fully saturated rings. The number of aryl methyl sites for hydroxylation is 1. The average molecular weight is 355 g/mol. The first-order valence-corrected chi connectivity index (χ1v) is 9.52. The zero-order valence-electron chi connectivity index (χ0n) is 17.3. The normalized spacial score (nSPS) is 10.7. The molecule has 0 aromatic heterocycles. The second kappa shape index (κ2) is 9.42. The van der Waals surface area contributed by atoms with E-state index in [0.29, 0.717) is 11.8 Å². The summed E-state index contributed by atoms with van der Waals surface area (Å²) in [7, 11) is 0. The molecule has 0 radical (unpaired) electrons. The second-order valence-corrected chi connectivity index (χ2v) is 7.16. The summed E-state index contributed by atoms with van der Waals surface area (Å²) in [5.74, 6) is 0.352. The van der Waals surface area contributed by atoms with Gasteiger partial charge in [-0.3, -0.25) is 4.79 Å². The Morgan fingerprint density at radius 2 is 1.42 bits per heavy atom. The highest BCUT2D eigenvalue weighted by atomic mass is 16.1. The smallest absolute Gasteiger partial charge is 0.221 e. The summed E-state index contributed by atoms with van der Waals surface area (Å²) in [5.41, 5.74) is 19.2. The van der Waals surface area contributed by atoms with Crippen LogP contribution in [0.5, 0.6) is 0 Å². The van der Waals surface area contributed by atoms with Gasteiger partial charge in [-0.25, -0.2) is 0 Å². The van der Waals surface area contributed by atoms with Crippen LogP contribution in [0.15, 0.2) is 30.3 Å².